The molecule has 8 rings (SSSR count). The zero-order valence-corrected chi connectivity index (χ0v) is 26.0. The van der Waals surface area contributed by atoms with E-state index in [4.69, 9.17) is 0 Å². The average Bonchev–Trinajstić information content (AvgIpc) is 3.70. The van der Waals surface area contributed by atoms with Gasteiger partial charge >= 0.3 is 0 Å². The highest BCUT2D eigenvalue weighted by molar-refractivity contribution is 7.09. The van der Waals surface area contributed by atoms with Crippen LogP contribution in [-0.2, 0) is 31.1 Å². The first-order valence-corrected chi connectivity index (χ1v) is 16.7. The van der Waals surface area contributed by atoms with Gasteiger partial charge in [0.2, 0.25) is 11.8 Å². The Morgan fingerprint density at radius 2 is 1.62 bits per heavy atom. The van der Waals surface area contributed by atoms with Crippen molar-refractivity contribution < 1.29 is 28.7 Å². The molecule has 0 spiro atoms. The number of carbonyl (C=O) groups is 4. The average molecular weight is 644 g/mol. The highest BCUT2D eigenvalue weighted by atomic mass is 32.1. The van der Waals surface area contributed by atoms with Crippen LogP contribution in [0.2, 0.25) is 0 Å². The van der Waals surface area contributed by atoms with E-state index in [1.807, 2.05) is 72.1 Å². The number of imide groups is 1. The molecular formula is C39H30FNO5S. The number of hydrogen-bond donors (Lipinski definition) is 1. The number of amides is 2. The topological polar surface area (TPSA) is 91.8 Å². The van der Waals surface area contributed by atoms with Gasteiger partial charge in [-0.1, -0.05) is 84.4 Å². The van der Waals surface area contributed by atoms with Crippen molar-refractivity contribution in [2.75, 3.05) is 0 Å². The third kappa shape index (κ3) is 4.34. The molecule has 4 aromatic rings. The maximum atomic E-state index is 15.2. The lowest BCUT2D eigenvalue weighted by atomic mass is 9.44. The fourth-order valence-corrected chi connectivity index (χ4v) is 9.42. The number of allylic oxidation sites excluding steroid dienone is 4. The standard InChI is InChI=1S/C39H30FNO5S/c40-31-18-23(13-16-32(31)42)35-26-14-15-27-34(38(46)41(37(27)45)21-25-12-7-17-47-25)29(26)19-30-36(44)28(22-8-3-1-4-9-22)20-33(43)39(30,35)24-10-5-2-6-11-24/h1-14,16-18,20,27,29-30,34-35,42H,15,19,21H2/t27-,29+,30-,34-,35-,39-/m0/s1. The van der Waals surface area contributed by atoms with Crippen LogP contribution in [-0.4, -0.2) is 33.4 Å². The predicted octanol–water partition coefficient (Wildman–Crippen LogP) is 6.62. The van der Waals surface area contributed by atoms with Crippen molar-refractivity contribution in [3.63, 3.8) is 0 Å². The van der Waals surface area contributed by atoms with Gasteiger partial charge in [0, 0.05) is 22.3 Å². The fraction of sp³-hybridized carbons (Fsp3) is 0.231. The summed E-state index contributed by atoms with van der Waals surface area (Å²) >= 11 is 1.48. The van der Waals surface area contributed by atoms with E-state index in [1.54, 1.807) is 18.2 Å². The molecule has 2 heterocycles. The maximum absolute atomic E-state index is 15.2. The molecule has 47 heavy (non-hydrogen) atoms. The molecule has 1 saturated heterocycles. The number of benzene rings is 3. The lowest BCUT2D eigenvalue weighted by Crippen LogP contribution is -2.58. The minimum atomic E-state index is -1.45. The number of phenolic OH excluding ortho intramolecular Hbond substituents is 1. The minimum absolute atomic E-state index is 0.180. The molecular weight excluding hydrogens is 613 g/mol. The minimum Gasteiger partial charge on any atom is -0.505 e. The number of likely N-dealkylation sites (tertiary alicyclic amines) is 1. The zero-order chi connectivity index (χ0) is 32.4. The van der Waals surface area contributed by atoms with Crippen molar-refractivity contribution in [1.82, 2.24) is 4.90 Å². The second-order valence-electron chi connectivity index (χ2n) is 12.8. The summed E-state index contributed by atoms with van der Waals surface area (Å²) < 4.78 is 15.2. The molecule has 2 fully saturated rings. The van der Waals surface area contributed by atoms with E-state index in [0.29, 0.717) is 28.7 Å². The Labute approximate surface area is 274 Å². The molecule has 4 aliphatic rings. The summed E-state index contributed by atoms with van der Waals surface area (Å²) in [7, 11) is 0. The highest BCUT2D eigenvalue weighted by Crippen LogP contribution is 2.63. The second kappa shape index (κ2) is 11.1. The molecule has 1 aromatic heterocycles. The van der Waals surface area contributed by atoms with E-state index in [2.05, 4.69) is 0 Å². The number of fused-ring (bicyclic) bond motifs is 4. The van der Waals surface area contributed by atoms with Crippen molar-refractivity contribution in [2.24, 2.45) is 23.7 Å². The van der Waals surface area contributed by atoms with E-state index in [0.717, 1.165) is 10.5 Å². The number of ketones is 2. The molecule has 1 saturated carbocycles. The van der Waals surface area contributed by atoms with E-state index >= 15 is 4.39 Å². The van der Waals surface area contributed by atoms with Gasteiger partial charge in [0.25, 0.3) is 0 Å². The number of thiophene rings is 1. The maximum Gasteiger partial charge on any atom is 0.234 e. The van der Waals surface area contributed by atoms with Gasteiger partial charge < -0.3 is 5.11 Å². The Hall–Kier alpha value is -4.95. The van der Waals surface area contributed by atoms with Crippen LogP contribution in [0, 0.1) is 29.5 Å². The number of Topliss-reactive ketones (excluding diaryl/α,β-unsaturated/α-hetero) is 1. The molecule has 6 atom stereocenters. The number of halogens is 1. The Morgan fingerprint density at radius 3 is 2.32 bits per heavy atom. The zero-order valence-electron chi connectivity index (χ0n) is 25.2. The number of carbonyl (C=O) groups excluding carboxylic acids is 4. The fourth-order valence-electron chi connectivity index (χ4n) is 8.73. The molecule has 3 aromatic carbocycles. The summed E-state index contributed by atoms with van der Waals surface area (Å²) in [5.41, 5.74) is 1.28. The molecule has 8 heteroatoms. The summed E-state index contributed by atoms with van der Waals surface area (Å²) in [6, 6.07) is 26.1. The van der Waals surface area contributed by atoms with Gasteiger partial charge in [-0.2, -0.15) is 0 Å². The van der Waals surface area contributed by atoms with E-state index in [9.17, 15) is 24.3 Å². The molecule has 3 aliphatic carbocycles. The molecule has 0 bridgehead atoms. The Kier molecular flexibility index (Phi) is 6.95. The molecule has 0 radical (unpaired) electrons. The quantitative estimate of drug-likeness (QED) is 0.195. The molecule has 1 N–H and O–H groups in total. The lowest BCUT2D eigenvalue weighted by Gasteiger charge is -2.55. The van der Waals surface area contributed by atoms with Crippen LogP contribution in [0.5, 0.6) is 5.75 Å². The second-order valence-corrected chi connectivity index (χ2v) is 13.9. The van der Waals surface area contributed by atoms with Crippen LogP contribution in [0.3, 0.4) is 0 Å². The van der Waals surface area contributed by atoms with Gasteiger partial charge in [-0.3, -0.25) is 24.1 Å². The number of nitrogens with zero attached hydrogens (tertiary/aromatic N) is 1. The number of aromatic hydroxyl groups is 1. The molecule has 0 unspecified atom stereocenters. The summed E-state index contributed by atoms with van der Waals surface area (Å²) in [6.45, 7) is 0.187. The normalized spacial score (nSPS) is 28.4. The Bertz CT molecular complexity index is 2000. The van der Waals surface area contributed by atoms with E-state index in [1.165, 1.54) is 34.4 Å². The first kappa shape index (κ1) is 29.5. The summed E-state index contributed by atoms with van der Waals surface area (Å²) in [5.74, 6) is -5.95. The van der Waals surface area contributed by atoms with Crippen molar-refractivity contribution in [2.45, 2.75) is 30.7 Å². The molecule has 234 valence electrons. The van der Waals surface area contributed by atoms with Crippen molar-refractivity contribution >= 4 is 40.3 Å². The lowest BCUT2D eigenvalue weighted by molar-refractivity contribution is -0.141. The summed E-state index contributed by atoms with van der Waals surface area (Å²) in [5, 5.41) is 12.1. The van der Waals surface area contributed by atoms with E-state index in [-0.39, 0.29) is 36.3 Å². The van der Waals surface area contributed by atoms with Crippen LogP contribution in [0.4, 0.5) is 4.39 Å². The molecule has 2 amide bonds. The third-order valence-corrected chi connectivity index (χ3v) is 11.5. The Morgan fingerprint density at radius 1 is 0.872 bits per heavy atom. The monoisotopic (exact) mass is 643 g/mol. The highest BCUT2D eigenvalue weighted by Gasteiger charge is 2.65. The smallest absolute Gasteiger partial charge is 0.234 e. The van der Waals surface area contributed by atoms with Gasteiger partial charge in [0.15, 0.2) is 23.1 Å². The van der Waals surface area contributed by atoms with Crippen molar-refractivity contribution in [3.05, 3.63) is 141 Å². The first-order valence-electron chi connectivity index (χ1n) is 15.8. The van der Waals surface area contributed by atoms with Crippen LogP contribution in [0.25, 0.3) is 5.57 Å². The van der Waals surface area contributed by atoms with Crippen LogP contribution < -0.4 is 0 Å². The van der Waals surface area contributed by atoms with Gasteiger partial charge in [0.05, 0.1) is 23.8 Å². The Balaban J connectivity index is 1.35. The summed E-state index contributed by atoms with van der Waals surface area (Å²) in [6.07, 6.45) is 3.86. The largest absolute Gasteiger partial charge is 0.505 e. The number of phenols is 1. The van der Waals surface area contributed by atoms with Gasteiger partial charge in [-0.15, -0.1) is 11.3 Å². The van der Waals surface area contributed by atoms with Crippen LogP contribution in [0.15, 0.2) is 114 Å². The van der Waals surface area contributed by atoms with Gasteiger partial charge in [-0.05, 0) is 65.1 Å². The van der Waals surface area contributed by atoms with Crippen LogP contribution in [0.1, 0.15) is 40.3 Å². The first-order chi connectivity index (χ1) is 22.8. The molecule has 1 aliphatic heterocycles. The number of rotatable bonds is 5. The van der Waals surface area contributed by atoms with E-state index < -0.39 is 46.6 Å². The predicted molar refractivity (Wildman–Crippen MR) is 175 cm³/mol. The van der Waals surface area contributed by atoms with Crippen LogP contribution >= 0.6 is 11.3 Å². The van der Waals surface area contributed by atoms with Crippen molar-refractivity contribution in [1.29, 1.82) is 0 Å². The van der Waals surface area contributed by atoms with Gasteiger partial charge in [-0.25, -0.2) is 4.39 Å². The van der Waals surface area contributed by atoms with Crippen molar-refractivity contribution in [3.8, 4) is 5.75 Å². The molecule has 6 nitrogen and oxygen atoms in total. The number of hydrogen-bond acceptors (Lipinski definition) is 6. The van der Waals surface area contributed by atoms with Gasteiger partial charge in [0.1, 0.15) is 0 Å². The SMILES string of the molecule is O=C1C(c2ccccc2)=CC(=O)[C@@]2(c3ccccc3)[C@@H](c3ccc(O)c(F)c3)C3=CC[C@@H]4C(=O)N(Cc5cccs5)C(=O)[C@@H]4[C@@H]3C[C@@H]12. The third-order valence-electron chi connectivity index (χ3n) is 10.7. The summed E-state index contributed by atoms with van der Waals surface area (Å²) in [4.78, 5) is 60.1.